The summed E-state index contributed by atoms with van der Waals surface area (Å²) in [6, 6.07) is 9.19. The van der Waals surface area contributed by atoms with E-state index in [1.54, 1.807) is 31.7 Å². The lowest BCUT2D eigenvalue weighted by atomic mass is 10.2. The molecule has 0 bridgehead atoms. The molecule has 23 heavy (non-hydrogen) atoms. The molecule has 2 heterocycles. The summed E-state index contributed by atoms with van der Waals surface area (Å²) in [4.78, 5) is 13.1. The Kier molecular flexibility index (Phi) is 4.34. The number of hydrogen-bond donors (Lipinski definition) is 1. The van der Waals surface area contributed by atoms with Crippen molar-refractivity contribution in [2.24, 2.45) is 5.10 Å². The second kappa shape index (κ2) is 6.58. The molecule has 1 N–H and O–H groups in total. The Morgan fingerprint density at radius 2 is 2.04 bits per heavy atom. The van der Waals surface area contributed by atoms with E-state index in [1.165, 1.54) is 0 Å². The predicted molar refractivity (Wildman–Crippen MR) is 91.3 cm³/mol. The summed E-state index contributed by atoms with van der Waals surface area (Å²) < 4.78 is 5.27. The summed E-state index contributed by atoms with van der Waals surface area (Å²) in [5, 5.41) is 4.79. The fourth-order valence-corrected chi connectivity index (χ4v) is 2.22. The minimum absolute atomic E-state index is 0.491. The number of pyridine rings is 1. The van der Waals surface area contributed by atoms with Crippen molar-refractivity contribution < 1.29 is 4.74 Å². The highest BCUT2D eigenvalue weighted by Crippen LogP contribution is 2.23. The highest BCUT2D eigenvalue weighted by Gasteiger charge is 2.09. The van der Waals surface area contributed by atoms with E-state index >= 15 is 0 Å². The van der Waals surface area contributed by atoms with Gasteiger partial charge in [-0.3, -0.25) is 5.43 Å². The minimum Gasteiger partial charge on any atom is -0.494 e. The molecule has 0 saturated heterocycles. The Labute approximate surface area is 138 Å². The average molecular weight is 328 g/mol. The fraction of sp³-hybridized carbons (Fsp3) is 0.125. The van der Waals surface area contributed by atoms with Crippen LogP contribution in [0.15, 0.2) is 41.6 Å². The molecule has 0 atom stereocenters. The van der Waals surface area contributed by atoms with Crippen molar-refractivity contribution in [1.82, 2.24) is 15.0 Å². The van der Waals surface area contributed by atoms with Gasteiger partial charge in [-0.05, 0) is 13.0 Å². The fourth-order valence-electron chi connectivity index (χ4n) is 2.03. The van der Waals surface area contributed by atoms with Crippen LogP contribution in [-0.4, -0.2) is 28.3 Å². The van der Waals surface area contributed by atoms with E-state index in [2.05, 4.69) is 25.5 Å². The number of rotatable bonds is 4. The van der Waals surface area contributed by atoms with Crippen molar-refractivity contribution in [3.05, 3.63) is 52.8 Å². The summed E-state index contributed by atoms with van der Waals surface area (Å²) in [5.41, 5.74) is 5.49. The van der Waals surface area contributed by atoms with E-state index in [1.807, 2.05) is 25.1 Å². The Balaban J connectivity index is 1.89. The van der Waals surface area contributed by atoms with Gasteiger partial charge in [-0.15, -0.1) is 0 Å². The Bertz CT molecular complexity index is 881. The lowest BCUT2D eigenvalue weighted by Crippen LogP contribution is -2.01. The number of halogens is 1. The maximum Gasteiger partial charge on any atom is 0.184 e. The number of nitrogens with one attached hydrogen (secondary N) is 1. The van der Waals surface area contributed by atoms with Gasteiger partial charge in [0.25, 0.3) is 0 Å². The number of aryl methyl sites for hydroxylation is 1. The quantitative estimate of drug-likeness (QED) is 0.587. The molecule has 0 unspecified atom stereocenters. The Hall–Kier alpha value is -2.73. The van der Waals surface area contributed by atoms with Gasteiger partial charge < -0.3 is 4.74 Å². The van der Waals surface area contributed by atoms with E-state index in [4.69, 9.17) is 16.3 Å². The first-order valence-electron chi connectivity index (χ1n) is 6.90. The molecular formula is C16H14ClN5O. The number of aromatic nitrogens is 3. The van der Waals surface area contributed by atoms with Crippen molar-refractivity contribution in [3.8, 4) is 5.75 Å². The van der Waals surface area contributed by atoms with Crippen molar-refractivity contribution in [2.75, 3.05) is 12.5 Å². The predicted octanol–water partition coefficient (Wildman–Crippen LogP) is 3.44. The van der Waals surface area contributed by atoms with Gasteiger partial charge in [-0.2, -0.15) is 5.10 Å². The average Bonchev–Trinajstić information content (AvgIpc) is 2.56. The molecule has 3 rings (SSSR count). The van der Waals surface area contributed by atoms with Gasteiger partial charge in [0.1, 0.15) is 5.75 Å². The number of nitrogens with zero attached hydrogens (tertiary/aromatic N) is 4. The molecule has 3 aromatic rings. The van der Waals surface area contributed by atoms with Crippen LogP contribution in [0.25, 0.3) is 11.2 Å². The van der Waals surface area contributed by atoms with E-state index in [0.29, 0.717) is 33.4 Å². The van der Waals surface area contributed by atoms with Crippen molar-refractivity contribution >= 4 is 34.8 Å². The van der Waals surface area contributed by atoms with E-state index < -0.39 is 0 Å². The minimum atomic E-state index is 0.491. The van der Waals surface area contributed by atoms with Crippen LogP contribution in [0.1, 0.15) is 11.3 Å². The number of hydrogen-bond acceptors (Lipinski definition) is 6. The van der Waals surface area contributed by atoms with Gasteiger partial charge in [0.2, 0.25) is 0 Å². The van der Waals surface area contributed by atoms with Crippen molar-refractivity contribution in [2.45, 2.75) is 6.92 Å². The molecule has 2 aromatic heterocycles. The molecular weight excluding hydrogens is 314 g/mol. The second-order valence-electron chi connectivity index (χ2n) is 4.73. The van der Waals surface area contributed by atoms with Crippen LogP contribution in [-0.2, 0) is 0 Å². The second-order valence-corrected chi connectivity index (χ2v) is 5.14. The third-order valence-corrected chi connectivity index (χ3v) is 3.55. The molecule has 6 nitrogen and oxygen atoms in total. The molecule has 0 radical (unpaired) electrons. The molecule has 116 valence electrons. The smallest absolute Gasteiger partial charge is 0.184 e. The first kappa shape index (κ1) is 15.2. The molecule has 0 spiro atoms. The number of ether oxygens (including phenoxy) is 1. The lowest BCUT2D eigenvalue weighted by Gasteiger charge is -2.07. The van der Waals surface area contributed by atoms with Crippen LogP contribution in [0, 0.1) is 6.92 Å². The normalized spacial score (nSPS) is 11.1. The number of hydrazone groups is 1. The summed E-state index contributed by atoms with van der Waals surface area (Å²) in [6.45, 7) is 1.84. The summed E-state index contributed by atoms with van der Waals surface area (Å²) >= 11 is 6.08. The molecule has 0 fully saturated rings. The van der Waals surface area contributed by atoms with Gasteiger partial charge in [-0.1, -0.05) is 29.8 Å². The van der Waals surface area contributed by atoms with Crippen LogP contribution >= 0.6 is 11.6 Å². The van der Waals surface area contributed by atoms with E-state index in [0.717, 1.165) is 5.56 Å². The van der Waals surface area contributed by atoms with Crippen LogP contribution in [0.5, 0.6) is 5.75 Å². The standard InChI is InChI=1S/C16H14ClN5O/c1-10-15(22-19-9-11-5-3-4-6-12(11)17)21-16-14(20-10)13(23-2)7-8-18-16/h3-9H,1-2H3,(H,18,21,22)/b19-9+. The van der Waals surface area contributed by atoms with E-state index in [9.17, 15) is 0 Å². The van der Waals surface area contributed by atoms with Gasteiger partial charge in [-0.25, -0.2) is 15.0 Å². The third-order valence-electron chi connectivity index (χ3n) is 3.21. The van der Waals surface area contributed by atoms with E-state index in [-0.39, 0.29) is 0 Å². The maximum atomic E-state index is 6.08. The van der Waals surface area contributed by atoms with Gasteiger partial charge in [0.05, 0.1) is 19.0 Å². The van der Waals surface area contributed by atoms with Gasteiger partial charge in [0, 0.05) is 22.8 Å². The third kappa shape index (κ3) is 3.22. The number of methoxy groups -OCH3 is 1. The molecule has 1 aromatic carbocycles. The van der Waals surface area contributed by atoms with Crippen molar-refractivity contribution in [1.29, 1.82) is 0 Å². The zero-order valence-electron chi connectivity index (χ0n) is 12.6. The number of fused-ring (bicyclic) bond motifs is 1. The molecule has 0 aliphatic carbocycles. The molecule has 0 saturated carbocycles. The monoisotopic (exact) mass is 327 g/mol. The highest BCUT2D eigenvalue weighted by atomic mass is 35.5. The molecule has 7 heteroatoms. The number of benzene rings is 1. The Morgan fingerprint density at radius 3 is 2.83 bits per heavy atom. The zero-order valence-corrected chi connectivity index (χ0v) is 13.4. The van der Waals surface area contributed by atoms with Crippen molar-refractivity contribution in [3.63, 3.8) is 0 Å². The maximum absolute atomic E-state index is 6.08. The zero-order chi connectivity index (χ0) is 16.2. The highest BCUT2D eigenvalue weighted by molar-refractivity contribution is 6.33. The van der Waals surface area contributed by atoms with Gasteiger partial charge >= 0.3 is 0 Å². The lowest BCUT2D eigenvalue weighted by molar-refractivity contribution is 0.418. The largest absolute Gasteiger partial charge is 0.494 e. The van der Waals surface area contributed by atoms with Crippen LogP contribution in [0.4, 0.5) is 5.82 Å². The van der Waals surface area contributed by atoms with Crippen LogP contribution in [0.2, 0.25) is 5.02 Å². The summed E-state index contributed by atoms with van der Waals surface area (Å²) in [5.74, 6) is 1.17. The van der Waals surface area contributed by atoms with Gasteiger partial charge in [0.15, 0.2) is 17.0 Å². The van der Waals surface area contributed by atoms with Crippen LogP contribution < -0.4 is 10.2 Å². The first-order valence-corrected chi connectivity index (χ1v) is 7.28. The molecule has 0 amide bonds. The SMILES string of the molecule is COc1ccnc2nc(N/N=C/c3ccccc3Cl)c(C)nc12. The number of anilines is 1. The Morgan fingerprint density at radius 1 is 1.22 bits per heavy atom. The first-order chi connectivity index (χ1) is 11.2. The summed E-state index contributed by atoms with van der Waals surface area (Å²) in [7, 11) is 1.59. The summed E-state index contributed by atoms with van der Waals surface area (Å²) in [6.07, 6.45) is 3.26. The topological polar surface area (TPSA) is 72.3 Å². The van der Waals surface area contributed by atoms with Crippen LogP contribution in [0.3, 0.4) is 0 Å². The molecule has 0 aliphatic heterocycles. The molecule has 0 aliphatic rings.